The van der Waals surface area contributed by atoms with Gasteiger partial charge in [0.05, 0.1) is 12.8 Å². The van der Waals surface area contributed by atoms with Crippen LogP contribution in [0.4, 0.5) is 0 Å². The molecule has 1 unspecified atom stereocenters. The minimum atomic E-state index is 0.0929. The molecule has 20 heavy (non-hydrogen) atoms. The molecule has 1 aliphatic carbocycles. The number of ketones is 1. The van der Waals surface area contributed by atoms with E-state index in [1.807, 2.05) is 6.07 Å². The standard InChI is InChI=1S/C17H25NO2/c1-4-9-20-14-10-13(11-18-12-14)16(19)15-7-5-6-8-17(15,2)3/h10-12,15H,4-9H2,1-3H3. The van der Waals surface area contributed by atoms with Crippen LogP contribution in [0.2, 0.25) is 0 Å². The Balaban J connectivity index is 2.15. The van der Waals surface area contributed by atoms with Gasteiger partial charge in [-0.15, -0.1) is 0 Å². The summed E-state index contributed by atoms with van der Waals surface area (Å²) in [6.45, 7) is 7.14. The van der Waals surface area contributed by atoms with Gasteiger partial charge >= 0.3 is 0 Å². The second-order valence-corrected chi connectivity index (χ2v) is 6.41. The van der Waals surface area contributed by atoms with E-state index < -0.39 is 0 Å². The van der Waals surface area contributed by atoms with Gasteiger partial charge in [0.1, 0.15) is 5.75 Å². The summed E-state index contributed by atoms with van der Waals surface area (Å²) in [4.78, 5) is 16.9. The molecular weight excluding hydrogens is 250 g/mol. The first-order valence-corrected chi connectivity index (χ1v) is 7.66. The van der Waals surface area contributed by atoms with Gasteiger partial charge in [-0.3, -0.25) is 9.78 Å². The molecule has 1 fully saturated rings. The lowest BCUT2D eigenvalue weighted by Gasteiger charge is -2.37. The Kier molecular flexibility index (Phi) is 4.79. The van der Waals surface area contributed by atoms with Crippen molar-refractivity contribution >= 4 is 5.78 Å². The van der Waals surface area contributed by atoms with Crippen LogP contribution in [0, 0.1) is 11.3 Å². The van der Waals surface area contributed by atoms with E-state index >= 15 is 0 Å². The zero-order chi connectivity index (χ0) is 14.6. The Bertz CT molecular complexity index is 468. The van der Waals surface area contributed by atoms with Crippen molar-refractivity contribution in [2.24, 2.45) is 11.3 Å². The van der Waals surface area contributed by atoms with Crippen molar-refractivity contribution in [2.45, 2.75) is 52.9 Å². The summed E-state index contributed by atoms with van der Waals surface area (Å²) in [6, 6.07) is 1.84. The fourth-order valence-corrected chi connectivity index (χ4v) is 3.03. The minimum absolute atomic E-state index is 0.0929. The van der Waals surface area contributed by atoms with Crippen LogP contribution >= 0.6 is 0 Å². The Labute approximate surface area is 121 Å². The van der Waals surface area contributed by atoms with Crippen molar-refractivity contribution in [2.75, 3.05) is 6.61 Å². The summed E-state index contributed by atoms with van der Waals surface area (Å²) in [6.07, 6.45) is 8.81. The minimum Gasteiger partial charge on any atom is -0.492 e. The van der Waals surface area contributed by atoms with Gasteiger partial charge in [-0.1, -0.05) is 33.6 Å². The van der Waals surface area contributed by atoms with E-state index in [0.717, 1.165) is 25.7 Å². The van der Waals surface area contributed by atoms with Crippen molar-refractivity contribution in [1.82, 2.24) is 4.98 Å². The van der Waals surface area contributed by atoms with Gasteiger partial charge in [-0.05, 0) is 30.7 Å². The molecule has 0 spiro atoms. The Hall–Kier alpha value is -1.38. The third-order valence-electron chi connectivity index (χ3n) is 4.29. The molecule has 3 nitrogen and oxygen atoms in total. The molecule has 110 valence electrons. The maximum atomic E-state index is 12.7. The zero-order valence-corrected chi connectivity index (χ0v) is 12.8. The molecule has 0 saturated heterocycles. The van der Waals surface area contributed by atoms with Gasteiger partial charge < -0.3 is 4.74 Å². The van der Waals surface area contributed by atoms with Gasteiger partial charge in [-0.25, -0.2) is 0 Å². The van der Waals surface area contributed by atoms with Crippen molar-refractivity contribution in [3.05, 3.63) is 24.0 Å². The van der Waals surface area contributed by atoms with Crippen molar-refractivity contribution < 1.29 is 9.53 Å². The molecule has 1 aromatic rings. The first-order valence-electron chi connectivity index (χ1n) is 7.66. The topological polar surface area (TPSA) is 39.2 Å². The fraction of sp³-hybridized carbons (Fsp3) is 0.647. The predicted molar refractivity (Wildman–Crippen MR) is 80.1 cm³/mol. The van der Waals surface area contributed by atoms with Gasteiger partial charge in [0.15, 0.2) is 5.78 Å². The van der Waals surface area contributed by atoms with Crippen molar-refractivity contribution in [3.8, 4) is 5.75 Å². The highest BCUT2D eigenvalue weighted by molar-refractivity contribution is 5.98. The van der Waals surface area contributed by atoms with E-state index in [-0.39, 0.29) is 17.1 Å². The third kappa shape index (κ3) is 3.38. The normalized spacial score (nSPS) is 21.4. The second-order valence-electron chi connectivity index (χ2n) is 6.41. The maximum absolute atomic E-state index is 12.7. The Morgan fingerprint density at radius 1 is 1.40 bits per heavy atom. The van der Waals surface area contributed by atoms with Crippen LogP contribution in [0.1, 0.15) is 63.2 Å². The molecule has 2 rings (SSSR count). The number of hydrogen-bond acceptors (Lipinski definition) is 3. The SMILES string of the molecule is CCCOc1cncc(C(=O)C2CCCCC2(C)C)c1. The molecule has 1 aliphatic rings. The summed E-state index contributed by atoms with van der Waals surface area (Å²) < 4.78 is 5.57. The number of pyridine rings is 1. The van der Waals surface area contributed by atoms with E-state index in [1.54, 1.807) is 12.4 Å². The number of hydrogen-bond donors (Lipinski definition) is 0. The second kappa shape index (κ2) is 6.38. The zero-order valence-electron chi connectivity index (χ0n) is 12.8. The monoisotopic (exact) mass is 275 g/mol. The highest BCUT2D eigenvalue weighted by Gasteiger charge is 2.37. The number of aromatic nitrogens is 1. The molecule has 0 amide bonds. The first-order chi connectivity index (χ1) is 9.54. The number of carbonyl (C=O) groups is 1. The van der Waals surface area contributed by atoms with Gasteiger partial charge in [0.25, 0.3) is 0 Å². The molecule has 0 radical (unpaired) electrons. The van der Waals surface area contributed by atoms with E-state index in [1.165, 1.54) is 6.42 Å². The third-order valence-corrected chi connectivity index (χ3v) is 4.29. The highest BCUT2D eigenvalue weighted by atomic mass is 16.5. The van der Waals surface area contributed by atoms with Gasteiger partial charge in [-0.2, -0.15) is 0 Å². The van der Waals surface area contributed by atoms with Crippen LogP contribution in [0.5, 0.6) is 5.75 Å². The molecule has 0 bridgehead atoms. The average Bonchev–Trinajstić information content (AvgIpc) is 2.44. The molecular formula is C17H25NO2. The van der Waals surface area contributed by atoms with Crippen LogP contribution in [0.25, 0.3) is 0 Å². The molecule has 1 atom stereocenters. The molecule has 3 heteroatoms. The Morgan fingerprint density at radius 3 is 2.90 bits per heavy atom. The van der Waals surface area contributed by atoms with Crippen LogP contribution in [0.3, 0.4) is 0 Å². The van der Waals surface area contributed by atoms with Crippen molar-refractivity contribution in [3.63, 3.8) is 0 Å². The molecule has 1 heterocycles. The summed E-state index contributed by atoms with van der Waals surface area (Å²) in [5, 5.41) is 0. The number of Topliss-reactive ketones (excluding diaryl/α,β-unsaturated/α-hetero) is 1. The van der Waals surface area contributed by atoms with E-state index in [2.05, 4.69) is 25.8 Å². The molecule has 1 saturated carbocycles. The van der Waals surface area contributed by atoms with Crippen LogP contribution < -0.4 is 4.74 Å². The Morgan fingerprint density at radius 2 is 2.20 bits per heavy atom. The molecule has 0 aromatic carbocycles. The average molecular weight is 275 g/mol. The lowest BCUT2D eigenvalue weighted by molar-refractivity contribution is 0.0696. The van der Waals surface area contributed by atoms with E-state index in [4.69, 9.17) is 4.74 Å². The fourth-order valence-electron chi connectivity index (χ4n) is 3.03. The molecule has 1 aromatic heterocycles. The van der Waals surface area contributed by atoms with E-state index in [0.29, 0.717) is 17.9 Å². The summed E-state index contributed by atoms with van der Waals surface area (Å²) in [5.74, 6) is 1.04. The first kappa shape index (κ1) is 15.0. The van der Waals surface area contributed by atoms with Crippen LogP contribution in [0.15, 0.2) is 18.5 Å². The number of nitrogens with zero attached hydrogens (tertiary/aromatic N) is 1. The van der Waals surface area contributed by atoms with Crippen LogP contribution in [-0.4, -0.2) is 17.4 Å². The maximum Gasteiger partial charge on any atom is 0.168 e. The largest absolute Gasteiger partial charge is 0.492 e. The number of rotatable bonds is 5. The quantitative estimate of drug-likeness (QED) is 0.753. The van der Waals surface area contributed by atoms with Gasteiger partial charge in [0, 0.05) is 17.7 Å². The van der Waals surface area contributed by atoms with Crippen LogP contribution in [-0.2, 0) is 0 Å². The highest BCUT2D eigenvalue weighted by Crippen LogP contribution is 2.42. The molecule has 0 N–H and O–H groups in total. The van der Waals surface area contributed by atoms with E-state index in [9.17, 15) is 4.79 Å². The summed E-state index contributed by atoms with van der Waals surface area (Å²) in [5.41, 5.74) is 0.786. The summed E-state index contributed by atoms with van der Waals surface area (Å²) in [7, 11) is 0. The molecule has 0 aliphatic heterocycles. The lowest BCUT2D eigenvalue weighted by Crippen LogP contribution is -2.34. The van der Waals surface area contributed by atoms with Crippen molar-refractivity contribution in [1.29, 1.82) is 0 Å². The predicted octanol–water partition coefficient (Wildman–Crippen LogP) is 4.27. The number of carbonyl (C=O) groups excluding carboxylic acids is 1. The smallest absolute Gasteiger partial charge is 0.168 e. The lowest BCUT2D eigenvalue weighted by atomic mass is 9.66. The number of ether oxygens (including phenoxy) is 1. The summed E-state index contributed by atoms with van der Waals surface area (Å²) >= 11 is 0. The van der Waals surface area contributed by atoms with Gasteiger partial charge in [0.2, 0.25) is 0 Å².